The van der Waals surface area contributed by atoms with Crippen LogP contribution >= 0.6 is 45.3 Å². The maximum atomic E-state index is 2.40. The van der Waals surface area contributed by atoms with Gasteiger partial charge in [-0.1, -0.05) is 41.5 Å². The quantitative estimate of drug-likeness (QED) is 0.348. The van der Waals surface area contributed by atoms with E-state index in [1.165, 1.54) is 23.1 Å². The molecule has 0 radical (unpaired) electrons. The molecule has 0 aromatic carbocycles. The molecule has 0 aliphatic carbocycles. The maximum Gasteiger partial charge on any atom is 0.219 e. The van der Waals surface area contributed by atoms with Crippen LogP contribution in [0.25, 0.3) is 10.4 Å². The number of rotatable bonds is 1. The van der Waals surface area contributed by atoms with Gasteiger partial charge in [0.2, 0.25) is 21.1 Å². The van der Waals surface area contributed by atoms with Gasteiger partial charge in [0, 0.05) is 33.4 Å². The summed E-state index contributed by atoms with van der Waals surface area (Å²) in [6.07, 6.45) is 0. The van der Waals surface area contributed by atoms with Gasteiger partial charge in [-0.2, -0.15) is 0 Å². The highest BCUT2D eigenvalue weighted by atomic mass is 127. The zero-order chi connectivity index (χ0) is 15.1. The Balaban J connectivity index is 2.63. The molecule has 2 aromatic heterocycles. The van der Waals surface area contributed by atoms with Crippen molar-refractivity contribution < 1.29 is 0 Å². The van der Waals surface area contributed by atoms with Crippen LogP contribution in [-0.4, -0.2) is 0 Å². The molecule has 2 aromatic rings. The van der Waals surface area contributed by atoms with Crippen LogP contribution in [-0.2, 0) is 10.8 Å². The lowest BCUT2D eigenvalue weighted by Gasteiger charge is -2.16. The Morgan fingerprint density at radius 2 is 1.40 bits per heavy atom. The first-order valence-electron chi connectivity index (χ1n) is 6.82. The third-order valence-electron chi connectivity index (χ3n) is 3.13. The van der Waals surface area contributed by atoms with Crippen LogP contribution in [0.2, 0.25) is 0 Å². The Bertz CT molecular complexity index is 580. The smallest absolute Gasteiger partial charge is 0.129 e. The van der Waals surface area contributed by atoms with Gasteiger partial charge in [0.25, 0.3) is 0 Å². The van der Waals surface area contributed by atoms with E-state index in [4.69, 9.17) is 0 Å². The van der Waals surface area contributed by atoms with Crippen molar-refractivity contribution >= 4 is 45.3 Å². The minimum absolute atomic E-state index is 0.199. The maximum absolute atomic E-state index is 2.40. The van der Waals surface area contributed by atoms with E-state index < -0.39 is 0 Å². The molecule has 20 heavy (non-hydrogen) atoms. The number of halogens is 1. The zero-order valence-electron chi connectivity index (χ0n) is 13.0. The Kier molecular flexibility index (Phi) is 4.63. The Morgan fingerprint density at radius 1 is 0.900 bits per heavy atom. The molecule has 2 rings (SSSR count). The lowest BCUT2D eigenvalue weighted by Crippen LogP contribution is -2.14. The molecule has 0 atom stereocenters. The van der Waals surface area contributed by atoms with Crippen LogP contribution in [0.15, 0.2) is 24.3 Å². The van der Waals surface area contributed by atoms with Gasteiger partial charge in [0.1, 0.15) is 0 Å². The minimum Gasteiger partial charge on any atom is -0.129 e. The van der Waals surface area contributed by atoms with Crippen molar-refractivity contribution in [1.29, 1.82) is 0 Å². The van der Waals surface area contributed by atoms with Crippen molar-refractivity contribution in [3.8, 4) is 10.4 Å². The van der Waals surface area contributed by atoms with E-state index in [2.05, 4.69) is 88.4 Å². The first kappa shape index (κ1) is 16.4. The molecular weight excluding hydrogens is 395 g/mol. The number of thiophene rings is 1. The summed E-state index contributed by atoms with van der Waals surface area (Å²) in [7, 11) is 0. The molecule has 0 saturated heterocycles. The summed E-state index contributed by atoms with van der Waals surface area (Å²) in [4.78, 5) is 4.30. The van der Waals surface area contributed by atoms with Crippen molar-refractivity contribution in [2.45, 2.75) is 52.4 Å². The van der Waals surface area contributed by atoms with Gasteiger partial charge in [-0.25, -0.2) is 0 Å². The molecule has 0 N–H and O–H groups in total. The number of hydrogen-bond acceptors (Lipinski definition) is 1. The second kappa shape index (κ2) is 5.65. The summed E-state index contributed by atoms with van der Waals surface area (Å²) in [6, 6.07) is 9.19. The molecule has 0 nitrogen and oxygen atoms in total. The number of hydrogen-bond donors (Lipinski definition) is 0. The lowest BCUT2D eigenvalue weighted by atomic mass is 9.91. The van der Waals surface area contributed by atoms with Crippen molar-refractivity contribution in [3.05, 3.63) is 36.9 Å². The first-order valence-corrected chi connectivity index (χ1v) is 9.53. The second-order valence-corrected chi connectivity index (χ2v) is 11.2. The fourth-order valence-corrected chi connectivity index (χ4v) is 4.68. The van der Waals surface area contributed by atoms with E-state index >= 15 is 0 Å². The molecule has 0 amide bonds. The van der Waals surface area contributed by atoms with E-state index in [-0.39, 0.29) is 10.8 Å². The van der Waals surface area contributed by atoms with E-state index in [9.17, 15) is 0 Å². The predicted octanol–water partition coefficient (Wildman–Crippen LogP) is 6.96. The van der Waals surface area contributed by atoms with Crippen molar-refractivity contribution in [1.82, 2.24) is 0 Å². The first-order chi connectivity index (χ1) is 9.07. The predicted molar refractivity (Wildman–Crippen MR) is 102 cm³/mol. The molecule has 0 aliphatic rings. The molecule has 3 heteroatoms. The van der Waals surface area contributed by atoms with Crippen LogP contribution in [0.5, 0.6) is 0 Å². The fraction of sp³-hybridized carbons (Fsp3) is 0.471. The Hall–Kier alpha value is -0.0000000000000000555. The highest BCUT2D eigenvalue weighted by Crippen LogP contribution is 2.39. The molecule has 108 valence electrons. The van der Waals surface area contributed by atoms with E-state index in [1.807, 2.05) is 22.7 Å². The van der Waals surface area contributed by atoms with Crippen LogP contribution in [0, 0.1) is 2.88 Å². The van der Waals surface area contributed by atoms with Gasteiger partial charge in [0.15, 0.2) is 0 Å². The van der Waals surface area contributed by atoms with Gasteiger partial charge in [-0.05, 0) is 34.7 Å². The van der Waals surface area contributed by atoms with Crippen LogP contribution in [0.4, 0.5) is 0 Å². The molecule has 0 unspecified atom stereocenters. The normalized spacial score (nSPS) is 12.8. The van der Waals surface area contributed by atoms with Gasteiger partial charge >= 0.3 is 0 Å². The van der Waals surface area contributed by atoms with Gasteiger partial charge in [-0.3, -0.25) is 0 Å². The largest absolute Gasteiger partial charge is 0.219 e. The van der Waals surface area contributed by atoms with Gasteiger partial charge < -0.3 is 0 Å². The van der Waals surface area contributed by atoms with Crippen molar-refractivity contribution in [2.24, 2.45) is 0 Å². The lowest BCUT2D eigenvalue weighted by molar-refractivity contribution is 0.593. The molecular formula is C17H22IS2+. The van der Waals surface area contributed by atoms with Gasteiger partial charge in [-0.15, -0.1) is 11.3 Å². The highest BCUT2D eigenvalue weighted by molar-refractivity contribution is 14.1. The van der Waals surface area contributed by atoms with E-state index in [1.54, 1.807) is 0 Å². The average Bonchev–Trinajstić information content (AvgIpc) is 2.73. The van der Waals surface area contributed by atoms with E-state index in [0.717, 1.165) is 0 Å². The minimum atomic E-state index is 0.199. The third-order valence-corrected chi connectivity index (χ3v) is 6.97. The summed E-state index contributed by atoms with van der Waals surface area (Å²) < 4.78 is 1.35. The van der Waals surface area contributed by atoms with Crippen molar-refractivity contribution in [2.75, 3.05) is 0 Å². The summed E-state index contributed by atoms with van der Waals surface area (Å²) >= 11 is 6.22. The molecule has 0 fully saturated rings. The molecule has 0 bridgehead atoms. The second-order valence-electron chi connectivity index (χ2n) is 7.18. The van der Waals surface area contributed by atoms with Crippen molar-refractivity contribution in [3.63, 3.8) is 0 Å². The third kappa shape index (κ3) is 3.80. The standard InChI is InChI=1S/C17H22IS2/c1-16(2,3)13-9-11(12-7-8-15(18)19-12)10-14(20-13)17(4,5)6/h7-10H,1-6H3/q+1. The van der Waals surface area contributed by atoms with E-state index in [0.29, 0.717) is 0 Å². The Labute approximate surface area is 144 Å². The zero-order valence-corrected chi connectivity index (χ0v) is 16.8. The molecule has 0 aliphatic heterocycles. The summed E-state index contributed by atoms with van der Waals surface area (Å²) in [5.41, 5.74) is 1.77. The van der Waals surface area contributed by atoms with Crippen LogP contribution in [0.3, 0.4) is 0 Å². The highest BCUT2D eigenvalue weighted by Gasteiger charge is 2.32. The van der Waals surface area contributed by atoms with Crippen LogP contribution < -0.4 is 0 Å². The molecule has 0 saturated carbocycles. The monoisotopic (exact) mass is 417 g/mol. The average molecular weight is 417 g/mol. The summed E-state index contributed by atoms with van der Waals surface area (Å²) in [5.74, 6) is 0. The molecule has 0 spiro atoms. The SMILES string of the molecule is CC(C)(C)c1cc(-c2ccc(I)s2)cc(C(C)(C)C)[s+]1. The topological polar surface area (TPSA) is 0 Å². The summed E-state index contributed by atoms with van der Waals surface area (Å²) in [5, 5.41) is 0. The summed E-state index contributed by atoms with van der Waals surface area (Å²) in [6.45, 7) is 13.8. The Morgan fingerprint density at radius 3 is 1.75 bits per heavy atom. The fourth-order valence-electron chi connectivity index (χ4n) is 1.85. The van der Waals surface area contributed by atoms with Crippen LogP contribution in [0.1, 0.15) is 51.3 Å². The van der Waals surface area contributed by atoms with Gasteiger partial charge in [0.05, 0.1) is 2.88 Å². The molecule has 2 heterocycles.